The highest BCUT2D eigenvalue weighted by Gasteiger charge is 2.14. The first kappa shape index (κ1) is 12.1. The Morgan fingerprint density at radius 2 is 2.29 bits per heavy atom. The predicted molar refractivity (Wildman–Crippen MR) is 67.5 cm³/mol. The number of benzene rings is 1. The molecule has 1 atom stereocenters. The number of nitrogens with one attached hydrogen (secondary N) is 1. The molecule has 0 aliphatic carbocycles. The quantitative estimate of drug-likeness (QED) is 0.842. The molecule has 92 valence electrons. The summed E-state index contributed by atoms with van der Waals surface area (Å²) in [5.74, 6) is -0.832. The lowest BCUT2D eigenvalue weighted by Gasteiger charge is -2.23. The van der Waals surface area contributed by atoms with E-state index in [2.05, 4.69) is 5.32 Å². The van der Waals surface area contributed by atoms with E-state index < -0.39 is 5.97 Å². The van der Waals surface area contributed by atoms with Crippen molar-refractivity contribution in [3.63, 3.8) is 0 Å². The highest BCUT2D eigenvalue weighted by Crippen LogP contribution is 2.16. The first-order valence-electron chi connectivity index (χ1n) is 6.23. The molecular formula is C14H19NO2. The van der Waals surface area contributed by atoms with E-state index in [0.29, 0.717) is 11.6 Å². The second-order valence-corrected chi connectivity index (χ2v) is 4.81. The number of carboxylic acid groups (broad SMARTS) is 1. The first-order chi connectivity index (χ1) is 8.16. The monoisotopic (exact) mass is 233 g/mol. The fourth-order valence-corrected chi connectivity index (χ4v) is 2.41. The molecule has 0 saturated carbocycles. The summed E-state index contributed by atoms with van der Waals surface area (Å²) >= 11 is 0. The lowest BCUT2D eigenvalue weighted by Crippen LogP contribution is -2.35. The van der Waals surface area contributed by atoms with Crippen LogP contribution in [-0.4, -0.2) is 23.7 Å². The van der Waals surface area contributed by atoms with Gasteiger partial charge in [-0.1, -0.05) is 18.6 Å². The highest BCUT2D eigenvalue weighted by atomic mass is 16.4. The van der Waals surface area contributed by atoms with Crippen LogP contribution in [0.15, 0.2) is 18.2 Å². The number of hydrogen-bond acceptors (Lipinski definition) is 2. The van der Waals surface area contributed by atoms with Crippen LogP contribution in [0.1, 0.15) is 40.7 Å². The Balaban J connectivity index is 2.10. The van der Waals surface area contributed by atoms with Gasteiger partial charge in [-0.25, -0.2) is 4.79 Å². The molecule has 1 saturated heterocycles. The van der Waals surface area contributed by atoms with Gasteiger partial charge in [0.2, 0.25) is 0 Å². The van der Waals surface area contributed by atoms with Gasteiger partial charge in [-0.3, -0.25) is 0 Å². The predicted octanol–water partition coefficient (Wildman–Crippen LogP) is 2.38. The molecule has 2 N–H and O–H groups in total. The minimum Gasteiger partial charge on any atom is -0.478 e. The van der Waals surface area contributed by atoms with E-state index in [0.717, 1.165) is 24.1 Å². The molecule has 1 aliphatic rings. The van der Waals surface area contributed by atoms with Crippen LogP contribution in [0.4, 0.5) is 0 Å². The van der Waals surface area contributed by atoms with Gasteiger partial charge < -0.3 is 10.4 Å². The molecule has 1 fully saturated rings. The molecule has 1 aliphatic heterocycles. The first-order valence-corrected chi connectivity index (χ1v) is 6.23. The van der Waals surface area contributed by atoms with Crippen molar-refractivity contribution in [2.24, 2.45) is 0 Å². The van der Waals surface area contributed by atoms with E-state index in [4.69, 9.17) is 5.11 Å². The molecule has 1 unspecified atom stereocenters. The number of aryl methyl sites for hydroxylation is 1. The van der Waals surface area contributed by atoms with Gasteiger partial charge in [-0.05, 0) is 49.9 Å². The number of aromatic carboxylic acids is 1. The molecule has 1 aromatic carbocycles. The number of rotatable bonds is 3. The number of hydrogen-bond donors (Lipinski definition) is 2. The summed E-state index contributed by atoms with van der Waals surface area (Å²) in [7, 11) is 0. The van der Waals surface area contributed by atoms with E-state index in [1.165, 1.54) is 19.3 Å². The maximum absolute atomic E-state index is 11.1. The Morgan fingerprint density at radius 1 is 1.47 bits per heavy atom. The van der Waals surface area contributed by atoms with Crippen molar-refractivity contribution in [1.82, 2.24) is 5.32 Å². The highest BCUT2D eigenvalue weighted by molar-refractivity contribution is 5.89. The van der Waals surface area contributed by atoms with Crippen LogP contribution in [0, 0.1) is 6.92 Å². The molecule has 0 amide bonds. The zero-order valence-corrected chi connectivity index (χ0v) is 10.2. The molecule has 1 heterocycles. The molecule has 17 heavy (non-hydrogen) atoms. The normalized spacial score (nSPS) is 20.2. The largest absolute Gasteiger partial charge is 0.478 e. The molecule has 0 aromatic heterocycles. The average Bonchev–Trinajstić information content (AvgIpc) is 2.32. The number of carboxylic acids is 1. The molecule has 0 radical (unpaired) electrons. The zero-order valence-electron chi connectivity index (χ0n) is 10.2. The number of piperidine rings is 1. The van der Waals surface area contributed by atoms with Crippen LogP contribution in [0.3, 0.4) is 0 Å². The van der Waals surface area contributed by atoms with Gasteiger partial charge in [0.05, 0.1) is 5.56 Å². The Bertz CT molecular complexity index is 409. The zero-order chi connectivity index (χ0) is 12.3. The van der Waals surface area contributed by atoms with Gasteiger partial charge in [0, 0.05) is 6.04 Å². The van der Waals surface area contributed by atoms with Crippen LogP contribution in [-0.2, 0) is 6.42 Å². The van der Waals surface area contributed by atoms with E-state index in [1.54, 1.807) is 0 Å². The molecule has 2 rings (SSSR count). The summed E-state index contributed by atoms with van der Waals surface area (Å²) in [4.78, 5) is 11.1. The molecule has 3 nitrogen and oxygen atoms in total. The van der Waals surface area contributed by atoms with Crippen LogP contribution in [0.5, 0.6) is 0 Å². The lowest BCUT2D eigenvalue weighted by molar-refractivity contribution is 0.0696. The Kier molecular flexibility index (Phi) is 3.79. The van der Waals surface area contributed by atoms with Gasteiger partial charge in [0.25, 0.3) is 0 Å². The molecular weight excluding hydrogens is 214 g/mol. The molecule has 0 spiro atoms. The fraction of sp³-hybridized carbons (Fsp3) is 0.500. The average molecular weight is 233 g/mol. The summed E-state index contributed by atoms with van der Waals surface area (Å²) in [5, 5.41) is 12.6. The van der Waals surface area contributed by atoms with Crippen LogP contribution in [0.2, 0.25) is 0 Å². The maximum Gasteiger partial charge on any atom is 0.335 e. The Labute approximate surface area is 102 Å². The molecule has 0 bridgehead atoms. The van der Waals surface area contributed by atoms with Gasteiger partial charge in [-0.15, -0.1) is 0 Å². The van der Waals surface area contributed by atoms with Gasteiger partial charge in [0.1, 0.15) is 0 Å². The lowest BCUT2D eigenvalue weighted by atomic mass is 9.95. The van der Waals surface area contributed by atoms with Crippen LogP contribution in [0.25, 0.3) is 0 Å². The summed E-state index contributed by atoms with van der Waals surface area (Å²) in [5.41, 5.74) is 2.38. The summed E-state index contributed by atoms with van der Waals surface area (Å²) in [6.07, 6.45) is 4.65. The van der Waals surface area contributed by atoms with Crippen molar-refractivity contribution in [2.45, 2.75) is 38.6 Å². The molecule has 1 aromatic rings. The fourth-order valence-electron chi connectivity index (χ4n) is 2.41. The van der Waals surface area contributed by atoms with Crippen LogP contribution < -0.4 is 5.32 Å². The minimum atomic E-state index is -0.832. The smallest absolute Gasteiger partial charge is 0.335 e. The van der Waals surface area contributed by atoms with Crippen molar-refractivity contribution in [2.75, 3.05) is 6.54 Å². The van der Waals surface area contributed by atoms with Gasteiger partial charge in [-0.2, -0.15) is 0 Å². The van der Waals surface area contributed by atoms with Crippen molar-refractivity contribution < 1.29 is 9.90 Å². The van der Waals surface area contributed by atoms with E-state index in [1.807, 2.05) is 25.1 Å². The number of carbonyl (C=O) groups is 1. The van der Waals surface area contributed by atoms with Crippen molar-refractivity contribution in [3.8, 4) is 0 Å². The standard InChI is InChI=1S/C14H19NO2/c1-10-5-6-11(9-13(10)14(16)17)8-12-4-2-3-7-15-12/h5-6,9,12,15H,2-4,7-8H2,1H3,(H,16,17). The second-order valence-electron chi connectivity index (χ2n) is 4.81. The van der Waals surface area contributed by atoms with Gasteiger partial charge in [0.15, 0.2) is 0 Å². The summed E-state index contributed by atoms with van der Waals surface area (Å²) in [6.45, 7) is 2.93. The van der Waals surface area contributed by atoms with Crippen molar-refractivity contribution in [3.05, 3.63) is 34.9 Å². The summed E-state index contributed by atoms with van der Waals surface area (Å²) < 4.78 is 0. The Hall–Kier alpha value is -1.35. The third-order valence-corrected chi connectivity index (χ3v) is 3.43. The van der Waals surface area contributed by atoms with Gasteiger partial charge >= 0.3 is 5.97 Å². The van der Waals surface area contributed by atoms with E-state index >= 15 is 0 Å². The Morgan fingerprint density at radius 3 is 2.94 bits per heavy atom. The second kappa shape index (κ2) is 5.32. The topological polar surface area (TPSA) is 49.3 Å². The van der Waals surface area contributed by atoms with Crippen molar-refractivity contribution in [1.29, 1.82) is 0 Å². The third-order valence-electron chi connectivity index (χ3n) is 3.43. The summed E-state index contributed by atoms with van der Waals surface area (Å²) in [6, 6.07) is 6.27. The van der Waals surface area contributed by atoms with E-state index in [9.17, 15) is 4.79 Å². The van der Waals surface area contributed by atoms with Crippen LogP contribution >= 0.6 is 0 Å². The molecule has 3 heteroatoms. The minimum absolute atomic E-state index is 0.429. The van der Waals surface area contributed by atoms with E-state index in [-0.39, 0.29) is 0 Å². The third kappa shape index (κ3) is 3.07. The maximum atomic E-state index is 11.1. The SMILES string of the molecule is Cc1ccc(CC2CCCCN2)cc1C(=O)O. The van der Waals surface area contributed by atoms with Crippen molar-refractivity contribution >= 4 is 5.97 Å².